The first-order chi connectivity index (χ1) is 12.2. The summed E-state index contributed by atoms with van der Waals surface area (Å²) in [5, 5.41) is 7.07. The topological polar surface area (TPSA) is 74.5 Å². The molecule has 7 nitrogen and oxygen atoms in total. The quantitative estimate of drug-likeness (QED) is 0.925. The molecule has 0 unspecified atom stereocenters. The second-order valence-corrected chi connectivity index (χ2v) is 6.83. The summed E-state index contributed by atoms with van der Waals surface area (Å²) >= 11 is 0. The summed E-state index contributed by atoms with van der Waals surface area (Å²) in [5.41, 5.74) is 1.94. The van der Waals surface area contributed by atoms with Gasteiger partial charge in [0.2, 0.25) is 5.89 Å². The summed E-state index contributed by atoms with van der Waals surface area (Å²) in [6, 6.07) is 7.79. The summed E-state index contributed by atoms with van der Waals surface area (Å²) in [7, 11) is 0. The van der Waals surface area contributed by atoms with E-state index in [-0.39, 0.29) is 6.03 Å². The number of amides is 2. The third-order valence-electron chi connectivity index (χ3n) is 4.82. The number of carbonyl (C=O) groups is 1. The van der Waals surface area contributed by atoms with Crippen molar-refractivity contribution in [2.75, 3.05) is 31.5 Å². The molecule has 1 aromatic heterocycles. The van der Waals surface area contributed by atoms with E-state index in [9.17, 15) is 4.79 Å². The molecule has 2 heterocycles. The molecule has 1 N–H and O–H groups in total. The molecule has 4 rings (SSSR count). The Morgan fingerprint density at radius 2 is 2.00 bits per heavy atom. The molecule has 1 aromatic carbocycles. The number of hydrogen-bond acceptors (Lipinski definition) is 5. The van der Waals surface area contributed by atoms with Crippen LogP contribution in [0.2, 0.25) is 0 Å². The van der Waals surface area contributed by atoms with Gasteiger partial charge in [0.1, 0.15) is 0 Å². The monoisotopic (exact) mass is 341 g/mol. The molecular formula is C18H23N5O2. The maximum Gasteiger partial charge on any atom is 0.321 e. The molecule has 0 radical (unpaired) electrons. The number of carbonyl (C=O) groups excluding carboxylic acids is 1. The summed E-state index contributed by atoms with van der Waals surface area (Å²) in [6.45, 7) is 5.71. The van der Waals surface area contributed by atoms with Crippen LogP contribution in [-0.2, 0) is 6.54 Å². The fraction of sp³-hybridized carbons (Fsp3) is 0.500. The third kappa shape index (κ3) is 3.82. The molecule has 0 spiro atoms. The molecule has 132 valence electrons. The Morgan fingerprint density at radius 3 is 2.72 bits per heavy atom. The Bertz CT molecular complexity index is 747. The molecule has 2 amide bonds. The largest absolute Gasteiger partial charge is 0.339 e. The normalized spacial score (nSPS) is 18.4. The Labute approximate surface area is 147 Å². The minimum atomic E-state index is -0.0375. The maximum absolute atomic E-state index is 12.4. The zero-order valence-electron chi connectivity index (χ0n) is 14.4. The second kappa shape index (κ2) is 6.84. The molecule has 0 bridgehead atoms. The molecule has 7 heteroatoms. The number of piperazine rings is 1. The van der Waals surface area contributed by atoms with Crippen molar-refractivity contribution in [2.24, 2.45) is 0 Å². The van der Waals surface area contributed by atoms with E-state index in [2.05, 4.69) is 20.4 Å². The molecule has 2 aliphatic rings. The van der Waals surface area contributed by atoms with Crippen molar-refractivity contribution in [1.29, 1.82) is 0 Å². The molecule has 1 aliphatic heterocycles. The van der Waals surface area contributed by atoms with E-state index in [4.69, 9.17) is 4.52 Å². The van der Waals surface area contributed by atoms with Gasteiger partial charge in [0.05, 0.1) is 6.54 Å². The van der Waals surface area contributed by atoms with E-state index in [1.54, 1.807) is 0 Å². The number of aryl methyl sites for hydroxylation is 1. The van der Waals surface area contributed by atoms with Gasteiger partial charge < -0.3 is 14.7 Å². The Kier molecular flexibility index (Phi) is 4.40. The zero-order valence-corrected chi connectivity index (χ0v) is 14.4. The van der Waals surface area contributed by atoms with Gasteiger partial charge in [-0.25, -0.2) is 4.79 Å². The smallest absolute Gasteiger partial charge is 0.321 e. The Balaban J connectivity index is 1.27. The van der Waals surface area contributed by atoms with Crippen molar-refractivity contribution in [2.45, 2.75) is 32.2 Å². The van der Waals surface area contributed by atoms with Gasteiger partial charge in [-0.1, -0.05) is 23.4 Å². The lowest BCUT2D eigenvalue weighted by Gasteiger charge is -2.34. The number of hydrogen-bond donors (Lipinski definition) is 1. The van der Waals surface area contributed by atoms with Gasteiger partial charge >= 0.3 is 6.03 Å². The number of anilines is 1. The van der Waals surface area contributed by atoms with Crippen molar-refractivity contribution in [3.8, 4) is 0 Å². The van der Waals surface area contributed by atoms with Crippen molar-refractivity contribution >= 4 is 11.7 Å². The lowest BCUT2D eigenvalue weighted by Crippen LogP contribution is -2.49. The fourth-order valence-electron chi connectivity index (χ4n) is 3.04. The number of para-hydroxylation sites is 1. The van der Waals surface area contributed by atoms with Crippen LogP contribution in [0.25, 0.3) is 0 Å². The van der Waals surface area contributed by atoms with E-state index in [0.29, 0.717) is 25.6 Å². The van der Waals surface area contributed by atoms with Crippen LogP contribution in [0.4, 0.5) is 10.5 Å². The second-order valence-electron chi connectivity index (χ2n) is 6.83. The van der Waals surface area contributed by atoms with E-state index in [0.717, 1.165) is 48.9 Å². The van der Waals surface area contributed by atoms with Gasteiger partial charge in [0.15, 0.2) is 5.82 Å². The summed E-state index contributed by atoms with van der Waals surface area (Å²) in [6.07, 6.45) is 2.33. The highest BCUT2D eigenvalue weighted by molar-refractivity contribution is 5.90. The highest BCUT2D eigenvalue weighted by Gasteiger charge is 2.30. The minimum Gasteiger partial charge on any atom is -0.339 e. The first-order valence-electron chi connectivity index (χ1n) is 8.85. The van der Waals surface area contributed by atoms with Crippen LogP contribution in [0, 0.1) is 6.92 Å². The average Bonchev–Trinajstić information content (AvgIpc) is 3.37. The number of aromatic nitrogens is 2. The van der Waals surface area contributed by atoms with E-state index in [1.807, 2.05) is 36.1 Å². The number of rotatable bonds is 4. The van der Waals surface area contributed by atoms with Gasteiger partial charge in [-0.2, -0.15) is 4.98 Å². The highest BCUT2D eigenvalue weighted by Crippen LogP contribution is 2.38. The molecule has 25 heavy (non-hydrogen) atoms. The predicted molar refractivity (Wildman–Crippen MR) is 93.3 cm³/mol. The molecule has 2 aromatic rings. The molecule has 1 saturated carbocycles. The lowest BCUT2D eigenvalue weighted by molar-refractivity contribution is 0.140. The van der Waals surface area contributed by atoms with Crippen LogP contribution in [0.15, 0.2) is 28.8 Å². The van der Waals surface area contributed by atoms with Gasteiger partial charge in [-0.15, -0.1) is 0 Å². The van der Waals surface area contributed by atoms with Crippen LogP contribution in [0.5, 0.6) is 0 Å². The van der Waals surface area contributed by atoms with Crippen LogP contribution in [-0.4, -0.2) is 52.2 Å². The summed E-state index contributed by atoms with van der Waals surface area (Å²) in [5.74, 6) is 2.02. The van der Waals surface area contributed by atoms with Crippen molar-refractivity contribution in [3.63, 3.8) is 0 Å². The van der Waals surface area contributed by atoms with Crippen LogP contribution >= 0.6 is 0 Å². The van der Waals surface area contributed by atoms with Crippen LogP contribution in [0.1, 0.15) is 36.0 Å². The van der Waals surface area contributed by atoms with E-state index < -0.39 is 0 Å². The summed E-state index contributed by atoms with van der Waals surface area (Å²) in [4.78, 5) is 21.0. The number of nitrogens with zero attached hydrogens (tertiary/aromatic N) is 4. The maximum atomic E-state index is 12.4. The van der Waals surface area contributed by atoms with E-state index >= 15 is 0 Å². The number of benzene rings is 1. The van der Waals surface area contributed by atoms with Crippen molar-refractivity contribution in [1.82, 2.24) is 19.9 Å². The van der Waals surface area contributed by atoms with Gasteiger partial charge in [0, 0.05) is 37.8 Å². The van der Waals surface area contributed by atoms with Gasteiger partial charge in [-0.3, -0.25) is 4.90 Å². The SMILES string of the molecule is Cc1ccccc1NC(=O)N1CCN(Cc2noc(C3CC3)n2)CC1. The van der Waals surface area contributed by atoms with Gasteiger partial charge in [0.25, 0.3) is 0 Å². The Morgan fingerprint density at radius 1 is 1.24 bits per heavy atom. The van der Waals surface area contributed by atoms with Gasteiger partial charge in [-0.05, 0) is 31.4 Å². The Hall–Kier alpha value is -2.41. The van der Waals surface area contributed by atoms with Crippen LogP contribution < -0.4 is 5.32 Å². The molecular weight excluding hydrogens is 318 g/mol. The highest BCUT2D eigenvalue weighted by atomic mass is 16.5. The molecule has 2 fully saturated rings. The standard InChI is InChI=1S/C18H23N5O2/c1-13-4-2-3-5-15(13)19-18(24)23-10-8-22(9-11-23)12-16-20-17(25-21-16)14-6-7-14/h2-5,14H,6-12H2,1H3,(H,19,24). The van der Waals surface area contributed by atoms with Crippen molar-refractivity contribution < 1.29 is 9.32 Å². The van der Waals surface area contributed by atoms with E-state index in [1.165, 1.54) is 0 Å². The first kappa shape index (κ1) is 16.1. The summed E-state index contributed by atoms with van der Waals surface area (Å²) < 4.78 is 5.30. The first-order valence-corrected chi connectivity index (χ1v) is 8.85. The predicted octanol–water partition coefficient (Wildman–Crippen LogP) is 2.61. The molecule has 1 saturated heterocycles. The van der Waals surface area contributed by atoms with Crippen LogP contribution in [0.3, 0.4) is 0 Å². The number of nitrogens with one attached hydrogen (secondary N) is 1. The fourth-order valence-corrected chi connectivity index (χ4v) is 3.04. The minimum absolute atomic E-state index is 0.0375. The molecule has 1 aliphatic carbocycles. The van der Waals surface area contributed by atoms with Crippen molar-refractivity contribution in [3.05, 3.63) is 41.5 Å². The third-order valence-corrected chi connectivity index (χ3v) is 4.82. The lowest BCUT2D eigenvalue weighted by atomic mass is 10.2. The number of urea groups is 1. The average molecular weight is 341 g/mol. The zero-order chi connectivity index (χ0) is 17.2. The molecule has 0 atom stereocenters.